The summed E-state index contributed by atoms with van der Waals surface area (Å²) in [5, 5.41) is 0. The molecule has 1 heterocycles. The fourth-order valence-corrected chi connectivity index (χ4v) is 2.17. The van der Waals surface area contributed by atoms with Crippen molar-refractivity contribution >= 4 is 5.91 Å². The van der Waals surface area contributed by atoms with Crippen molar-refractivity contribution in [1.29, 1.82) is 0 Å². The molecular weight excluding hydrogens is 292 g/mol. The molecular formula is C16H21F2NO3. The summed E-state index contributed by atoms with van der Waals surface area (Å²) >= 11 is 0. The lowest BCUT2D eigenvalue weighted by Crippen LogP contribution is -2.51. The van der Waals surface area contributed by atoms with Crippen molar-refractivity contribution in [3.8, 4) is 5.75 Å². The highest BCUT2D eigenvalue weighted by Gasteiger charge is 2.45. The van der Waals surface area contributed by atoms with Gasteiger partial charge in [-0.15, -0.1) is 0 Å². The van der Waals surface area contributed by atoms with Gasteiger partial charge in [0.05, 0.1) is 13.2 Å². The number of benzene rings is 1. The lowest BCUT2D eigenvalue weighted by molar-refractivity contribution is -0.206. The van der Waals surface area contributed by atoms with Crippen LogP contribution in [0.1, 0.15) is 26.3 Å². The van der Waals surface area contributed by atoms with Crippen LogP contribution < -0.4 is 4.74 Å². The van der Waals surface area contributed by atoms with Crippen molar-refractivity contribution in [1.82, 2.24) is 4.90 Å². The summed E-state index contributed by atoms with van der Waals surface area (Å²) < 4.78 is 37.6. The third kappa shape index (κ3) is 3.94. The average molecular weight is 313 g/mol. The molecule has 0 bridgehead atoms. The Hall–Kier alpha value is -1.69. The first kappa shape index (κ1) is 16.7. The highest BCUT2D eigenvalue weighted by molar-refractivity contribution is 5.82. The zero-order valence-electron chi connectivity index (χ0n) is 13.1. The number of carbonyl (C=O) groups is 1. The first-order valence-corrected chi connectivity index (χ1v) is 7.25. The summed E-state index contributed by atoms with van der Waals surface area (Å²) in [6, 6.07) is 6.37. The summed E-state index contributed by atoms with van der Waals surface area (Å²) in [4.78, 5) is 12.9. The van der Waals surface area contributed by atoms with Crippen LogP contribution in [0, 0.1) is 0 Å². The first-order chi connectivity index (χ1) is 10.2. The zero-order chi connectivity index (χ0) is 16.4. The maximum atomic E-state index is 14.0. The number of ether oxygens (including phenoxy) is 2. The van der Waals surface area contributed by atoms with Crippen LogP contribution in [-0.2, 0) is 14.9 Å². The van der Waals surface area contributed by atoms with E-state index in [1.54, 1.807) is 12.1 Å². The quantitative estimate of drug-likeness (QED) is 0.861. The molecule has 22 heavy (non-hydrogen) atoms. The predicted molar refractivity (Wildman–Crippen MR) is 78.1 cm³/mol. The Morgan fingerprint density at radius 1 is 1.14 bits per heavy atom. The second-order valence-electron chi connectivity index (χ2n) is 6.30. The average Bonchev–Trinajstić information content (AvgIpc) is 2.46. The van der Waals surface area contributed by atoms with E-state index in [2.05, 4.69) is 4.74 Å². The number of carbonyl (C=O) groups excluding carboxylic acids is 1. The number of hydrogen-bond acceptors (Lipinski definition) is 3. The molecule has 2 rings (SSSR count). The molecule has 4 nitrogen and oxygen atoms in total. The van der Waals surface area contributed by atoms with E-state index < -0.39 is 12.0 Å². The van der Waals surface area contributed by atoms with Crippen LogP contribution in [0.5, 0.6) is 5.75 Å². The largest absolute Gasteiger partial charge is 0.482 e. The Kier molecular flexibility index (Phi) is 4.70. The molecule has 0 saturated carbocycles. The molecule has 1 aromatic rings. The molecule has 0 atom stereocenters. The van der Waals surface area contributed by atoms with Crippen molar-refractivity contribution in [2.45, 2.75) is 32.3 Å². The lowest BCUT2D eigenvalue weighted by Gasteiger charge is -2.29. The van der Waals surface area contributed by atoms with Gasteiger partial charge in [0.2, 0.25) is 0 Å². The standard InChI is InChI=1S/C16H21F2NO3/c1-15(2,3)12-4-6-13(7-5-12)22-16(17,18)14(20)19-8-10-21-11-9-19/h4-7H,8-11H2,1-3H3. The highest BCUT2D eigenvalue weighted by atomic mass is 19.3. The molecule has 1 fully saturated rings. The molecule has 1 aromatic carbocycles. The van der Waals surface area contributed by atoms with E-state index in [1.807, 2.05) is 20.8 Å². The van der Waals surface area contributed by atoms with Crippen LogP contribution in [0.15, 0.2) is 24.3 Å². The second-order valence-corrected chi connectivity index (χ2v) is 6.30. The van der Waals surface area contributed by atoms with Gasteiger partial charge in [-0.2, -0.15) is 8.78 Å². The number of amides is 1. The van der Waals surface area contributed by atoms with Crippen molar-refractivity contribution in [3.05, 3.63) is 29.8 Å². The van der Waals surface area contributed by atoms with Crippen LogP contribution in [-0.4, -0.2) is 43.2 Å². The molecule has 0 spiro atoms. The van der Waals surface area contributed by atoms with Gasteiger partial charge >= 0.3 is 12.0 Å². The van der Waals surface area contributed by atoms with E-state index in [0.29, 0.717) is 0 Å². The monoisotopic (exact) mass is 313 g/mol. The Morgan fingerprint density at radius 2 is 1.68 bits per heavy atom. The molecule has 6 heteroatoms. The fourth-order valence-electron chi connectivity index (χ4n) is 2.17. The minimum absolute atomic E-state index is 0.0281. The van der Waals surface area contributed by atoms with E-state index >= 15 is 0 Å². The SMILES string of the molecule is CC(C)(C)c1ccc(OC(F)(F)C(=O)N2CCOCC2)cc1. The predicted octanol–water partition coefficient (Wildman–Crippen LogP) is 2.81. The van der Waals surface area contributed by atoms with Crippen LogP contribution in [0.3, 0.4) is 0 Å². The number of hydrogen-bond donors (Lipinski definition) is 0. The fraction of sp³-hybridized carbons (Fsp3) is 0.562. The number of halogens is 2. The van der Waals surface area contributed by atoms with Gasteiger partial charge in [0.25, 0.3) is 0 Å². The maximum absolute atomic E-state index is 14.0. The van der Waals surface area contributed by atoms with E-state index in [-0.39, 0.29) is 37.5 Å². The zero-order valence-corrected chi connectivity index (χ0v) is 13.1. The molecule has 0 N–H and O–H groups in total. The van der Waals surface area contributed by atoms with Crippen molar-refractivity contribution in [2.75, 3.05) is 26.3 Å². The van der Waals surface area contributed by atoms with Crippen LogP contribution in [0.4, 0.5) is 8.78 Å². The third-order valence-corrected chi connectivity index (χ3v) is 3.51. The summed E-state index contributed by atoms with van der Waals surface area (Å²) in [5.74, 6) is -1.35. The van der Waals surface area contributed by atoms with Crippen LogP contribution in [0.25, 0.3) is 0 Å². The molecule has 1 saturated heterocycles. The number of rotatable bonds is 3. The van der Waals surface area contributed by atoms with Gasteiger partial charge in [-0.3, -0.25) is 4.79 Å². The van der Waals surface area contributed by atoms with Gasteiger partial charge in [-0.05, 0) is 23.1 Å². The van der Waals surface area contributed by atoms with Gasteiger partial charge in [-0.1, -0.05) is 32.9 Å². The highest BCUT2D eigenvalue weighted by Crippen LogP contribution is 2.28. The Morgan fingerprint density at radius 3 is 2.18 bits per heavy atom. The summed E-state index contributed by atoms with van der Waals surface area (Å²) in [7, 11) is 0. The van der Waals surface area contributed by atoms with Crippen molar-refractivity contribution in [3.63, 3.8) is 0 Å². The Balaban J connectivity index is 2.06. The first-order valence-electron chi connectivity index (χ1n) is 7.25. The minimum Gasteiger partial charge on any atom is -0.425 e. The Labute approximate surface area is 129 Å². The number of alkyl halides is 2. The van der Waals surface area contributed by atoms with Crippen molar-refractivity contribution in [2.24, 2.45) is 0 Å². The molecule has 0 aromatic heterocycles. The van der Waals surface area contributed by atoms with Gasteiger partial charge in [0, 0.05) is 13.1 Å². The maximum Gasteiger partial charge on any atom is 0.482 e. The van der Waals surface area contributed by atoms with Crippen LogP contribution >= 0.6 is 0 Å². The topological polar surface area (TPSA) is 38.8 Å². The molecule has 1 aliphatic rings. The number of nitrogens with zero attached hydrogens (tertiary/aromatic N) is 1. The molecule has 0 unspecified atom stereocenters. The molecule has 122 valence electrons. The van der Waals surface area contributed by atoms with E-state index in [0.717, 1.165) is 10.5 Å². The molecule has 0 aliphatic carbocycles. The van der Waals surface area contributed by atoms with Gasteiger partial charge in [0.1, 0.15) is 5.75 Å². The van der Waals surface area contributed by atoms with E-state index in [9.17, 15) is 13.6 Å². The minimum atomic E-state index is -3.87. The molecule has 1 aliphatic heterocycles. The number of morpholine rings is 1. The summed E-state index contributed by atoms with van der Waals surface area (Å²) in [6.45, 7) is 6.92. The van der Waals surface area contributed by atoms with Gasteiger partial charge in [0.15, 0.2) is 0 Å². The normalized spacial score (nSPS) is 16.5. The second kappa shape index (κ2) is 6.20. The smallest absolute Gasteiger partial charge is 0.425 e. The third-order valence-electron chi connectivity index (χ3n) is 3.51. The molecule has 0 radical (unpaired) electrons. The summed E-state index contributed by atoms with van der Waals surface area (Å²) in [5.41, 5.74) is 0.924. The van der Waals surface area contributed by atoms with E-state index in [4.69, 9.17) is 4.74 Å². The summed E-state index contributed by atoms with van der Waals surface area (Å²) in [6.07, 6.45) is -3.87. The van der Waals surface area contributed by atoms with Crippen LogP contribution in [0.2, 0.25) is 0 Å². The lowest BCUT2D eigenvalue weighted by atomic mass is 9.87. The van der Waals surface area contributed by atoms with Crippen molar-refractivity contribution < 1.29 is 23.0 Å². The molecule has 1 amide bonds. The van der Waals surface area contributed by atoms with Gasteiger partial charge in [-0.25, -0.2) is 0 Å². The Bertz CT molecular complexity index is 517. The van der Waals surface area contributed by atoms with E-state index in [1.165, 1.54) is 12.1 Å². The van der Waals surface area contributed by atoms with Gasteiger partial charge < -0.3 is 14.4 Å².